The predicted octanol–water partition coefficient (Wildman–Crippen LogP) is 2.42. The fourth-order valence-corrected chi connectivity index (χ4v) is 1.88. The Balaban J connectivity index is 2.28. The van der Waals surface area contributed by atoms with Crippen molar-refractivity contribution in [2.75, 3.05) is 5.32 Å². The van der Waals surface area contributed by atoms with Crippen LogP contribution in [0.25, 0.3) is 0 Å². The highest BCUT2D eigenvalue weighted by Gasteiger charge is 2.11. The summed E-state index contributed by atoms with van der Waals surface area (Å²) in [7, 11) is 0. The molecule has 0 saturated carbocycles. The van der Waals surface area contributed by atoms with E-state index in [4.69, 9.17) is 18.0 Å². The maximum Gasteiger partial charge on any atom is 0.292 e. The molecule has 108 valence electrons. The van der Waals surface area contributed by atoms with Gasteiger partial charge in [-0.25, -0.2) is 13.5 Å². The Morgan fingerprint density at radius 1 is 1.43 bits per heavy atom. The Bertz CT molecular complexity index is 768. The second-order valence-electron chi connectivity index (χ2n) is 4.12. The van der Waals surface area contributed by atoms with Crippen molar-refractivity contribution in [1.82, 2.24) is 9.78 Å². The van der Waals surface area contributed by atoms with Gasteiger partial charge in [-0.1, -0.05) is 17.5 Å². The SMILES string of the molecule is C#CCn1ncc(Cl)c(NCc2cc(F)ccc2F)c1=O. The lowest BCUT2D eigenvalue weighted by molar-refractivity contribution is 0.587. The van der Waals surface area contributed by atoms with E-state index in [1.807, 2.05) is 0 Å². The van der Waals surface area contributed by atoms with Gasteiger partial charge in [0.15, 0.2) is 0 Å². The highest BCUT2D eigenvalue weighted by molar-refractivity contribution is 6.32. The second-order valence-corrected chi connectivity index (χ2v) is 4.53. The molecule has 0 atom stereocenters. The average molecular weight is 310 g/mol. The first-order valence-corrected chi connectivity index (χ1v) is 6.27. The highest BCUT2D eigenvalue weighted by atomic mass is 35.5. The highest BCUT2D eigenvalue weighted by Crippen LogP contribution is 2.17. The number of hydrogen-bond donors (Lipinski definition) is 1. The van der Waals surface area contributed by atoms with E-state index in [2.05, 4.69) is 16.3 Å². The lowest BCUT2D eigenvalue weighted by Gasteiger charge is -2.10. The molecule has 0 amide bonds. The zero-order valence-corrected chi connectivity index (χ0v) is 11.5. The number of halogens is 3. The third-order valence-electron chi connectivity index (χ3n) is 2.70. The molecule has 0 spiro atoms. The minimum atomic E-state index is -0.585. The normalized spacial score (nSPS) is 10.2. The van der Waals surface area contributed by atoms with E-state index in [0.717, 1.165) is 22.9 Å². The van der Waals surface area contributed by atoms with Crippen molar-refractivity contribution in [3.8, 4) is 12.3 Å². The van der Waals surface area contributed by atoms with Gasteiger partial charge in [-0.15, -0.1) is 6.42 Å². The summed E-state index contributed by atoms with van der Waals surface area (Å²) in [6.07, 6.45) is 6.38. The summed E-state index contributed by atoms with van der Waals surface area (Å²) < 4.78 is 27.6. The molecule has 1 aromatic carbocycles. The molecule has 2 rings (SSSR count). The molecule has 1 N–H and O–H groups in total. The van der Waals surface area contributed by atoms with Crippen LogP contribution in [0.3, 0.4) is 0 Å². The smallest absolute Gasteiger partial charge is 0.292 e. The standard InChI is InChI=1S/C14H10ClF2N3O/c1-2-5-20-14(21)13(11(15)8-19-20)18-7-9-6-10(16)3-4-12(9)17/h1,3-4,6,8,18H,5,7H2. The van der Waals surface area contributed by atoms with Crippen LogP contribution in [0.5, 0.6) is 0 Å². The van der Waals surface area contributed by atoms with Crippen LogP contribution in [0.4, 0.5) is 14.5 Å². The van der Waals surface area contributed by atoms with Crippen molar-refractivity contribution >= 4 is 17.3 Å². The molecule has 0 aliphatic carbocycles. The van der Waals surface area contributed by atoms with E-state index in [1.54, 1.807) is 0 Å². The quantitative estimate of drug-likeness (QED) is 0.882. The third-order valence-corrected chi connectivity index (χ3v) is 2.99. The van der Waals surface area contributed by atoms with Gasteiger partial charge < -0.3 is 5.32 Å². The van der Waals surface area contributed by atoms with Crippen molar-refractivity contribution in [2.24, 2.45) is 0 Å². The third kappa shape index (κ3) is 3.38. The summed E-state index contributed by atoms with van der Waals surface area (Å²) in [6, 6.07) is 3.06. The first-order valence-electron chi connectivity index (χ1n) is 5.90. The first kappa shape index (κ1) is 15.0. The minimum Gasteiger partial charge on any atom is -0.375 e. The van der Waals surface area contributed by atoms with Gasteiger partial charge in [-0.05, 0) is 18.2 Å². The second kappa shape index (κ2) is 6.37. The number of rotatable bonds is 4. The Morgan fingerprint density at radius 2 is 2.19 bits per heavy atom. The monoisotopic (exact) mass is 309 g/mol. The van der Waals surface area contributed by atoms with Gasteiger partial charge in [-0.3, -0.25) is 4.79 Å². The van der Waals surface area contributed by atoms with Crippen LogP contribution >= 0.6 is 11.6 Å². The molecule has 0 radical (unpaired) electrons. The summed E-state index contributed by atoms with van der Waals surface area (Å²) in [6.45, 7) is -0.113. The van der Waals surface area contributed by atoms with Crippen LogP contribution in [0.1, 0.15) is 5.56 Å². The lowest BCUT2D eigenvalue weighted by atomic mass is 10.2. The number of anilines is 1. The number of hydrogen-bond acceptors (Lipinski definition) is 3. The summed E-state index contributed by atoms with van der Waals surface area (Å²) in [5.74, 6) is 1.13. The van der Waals surface area contributed by atoms with E-state index < -0.39 is 17.2 Å². The molecule has 7 heteroatoms. The molecule has 1 aromatic heterocycles. The summed E-state index contributed by atoms with van der Waals surface area (Å²) in [5.41, 5.74) is -0.423. The molecule has 2 aromatic rings. The maximum atomic E-state index is 13.5. The molecule has 1 heterocycles. The Kier molecular flexibility index (Phi) is 4.55. The zero-order chi connectivity index (χ0) is 15.4. The zero-order valence-electron chi connectivity index (χ0n) is 10.7. The predicted molar refractivity (Wildman–Crippen MR) is 76.0 cm³/mol. The molecule has 0 fully saturated rings. The summed E-state index contributed by atoms with van der Waals surface area (Å²) in [5, 5.41) is 6.53. The van der Waals surface area contributed by atoms with Crippen LogP contribution in [-0.2, 0) is 13.1 Å². The molecular weight excluding hydrogens is 300 g/mol. The van der Waals surface area contributed by atoms with Crippen molar-refractivity contribution in [3.05, 3.63) is 57.0 Å². The van der Waals surface area contributed by atoms with E-state index in [0.29, 0.717) is 0 Å². The molecule has 4 nitrogen and oxygen atoms in total. The maximum absolute atomic E-state index is 13.5. The summed E-state index contributed by atoms with van der Waals surface area (Å²) >= 11 is 5.88. The van der Waals surface area contributed by atoms with E-state index in [-0.39, 0.29) is 29.4 Å². The van der Waals surface area contributed by atoms with Gasteiger partial charge in [0, 0.05) is 12.1 Å². The molecule has 0 aliphatic heterocycles. The number of nitrogens with one attached hydrogen (secondary N) is 1. The van der Waals surface area contributed by atoms with Crippen LogP contribution < -0.4 is 10.9 Å². The van der Waals surface area contributed by atoms with Crippen molar-refractivity contribution in [1.29, 1.82) is 0 Å². The van der Waals surface area contributed by atoms with Gasteiger partial charge in [-0.2, -0.15) is 5.10 Å². The van der Waals surface area contributed by atoms with Gasteiger partial charge in [0.25, 0.3) is 5.56 Å². The topological polar surface area (TPSA) is 46.9 Å². The molecule has 21 heavy (non-hydrogen) atoms. The van der Waals surface area contributed by atoms with Crippen LogP contribution in [0.15, 0.2) is 29.2 Å². The molecule has 0 bridgehead atoms. The van der Waals surface area contributed by atoms with Gasteiger partial charge in [0.05, 0.1) is 11.2 Å². The van der Waals surface area contributed by atoms with Crippen molar-refractivity contribution in [3.63, 3.8) is 0 Å². The molecule has 0 aliphatic rings. The van der Waals surface area contributed by atoms with Crippen LogP contribution in [-0.4, -0.2) is 9.78 Å². The van der Waals surface area contributed by atoms with Gasteiger partial charge in [0.1, 0.15) is 23.9 Å². The fraction of sp³-hybridized carbons (Fsp3) is 0.143. The van der Waals surface area contributed by atoms with E-state index in [9.17, 15) is 13.6 Å². The Morgan fingerprint density at radius 3 is 2.90 bits per heavy atom. The number of nitrogens with zero attached hydrogens (tertiary/aromatic N) is 2. The van der Waals surface area contributed by atoms with Gasteiger partial charge in [0.2, 0.25) is 0 Å². The molecule has 0 saturated heterocycles. The van der Waals surface area contributed by atoms with Crippen molar-refractivity contribution < 1.29 is 8.78 Å². The first-order chi connectivity index (χ1) is 10.0. The van der Waals surface area contributed by atoms with E-state index in [1.165, 1.54) is 6.20 Å². The van der Waals surface area contributed by atoms with Crippen LogP contribution in [0, 0.1) is 24.0 Å². The van der Waals surface area contributed by atoms with E-state index >= 15 is 0 Å². The average Bonchev–Trinajstić information content (AvgIpc) is 2.45. The van der Waals surface area contributed by atoms with Crippen molar-refractivity contribution in [2.45, 2.75) is 13.1 Å². The van der Waals surface area contributed by atoms with Gasteiger partial charge >= 0.3 is 0 Å². The molecular formula is C14H10ClF2N3O. The fourth-order valence-electron chi connectivity index (χ4n) is 1.69. The summed E-state index contributed by atoms with van der Waals surface area (Å²) in [4.78, 5) is 12.0. The number of terminal acetylenes is 1. The van der Waals surface area contributed by atoms with Crippen LogP contribution in [0.2, 0.25) is 5.02 Å². The number of benzene rings is 1. The largest absolute Gasteiger partial charge is 0.375 e. The lowest BCUT2D eigenvalue weighted by Crippen LogP contribution is -2.25. The number of aromatic nitrogens is 2. The Hall–Kier alpha value is -2.39. The minimum absolute atomic E-state index is 0.0149. The Labute approximate surface area is 124 Å². The molecule has 0 unspecified atom stereocenters.